The van der Waals surface area contributed by atoms with Gasteiger partial charge in [0.2, 0.25) is 5.91 Å². The summed E-state index contributed by atoms with van der Waals surface area (Å²) in [6, 6.07) is 6.02. The van der Waals surface area contributed by atoms with Crippen LogP contribution in [0.4, 0.5) is 18.9 Å². The van der Waals surface area contributed by atoms with E-state index < -0.39 is 18.3 Å². The first-order chi connectivity index (χ1) is 9.77. The van der Waals surface area contributed by atoms with Crippen LogP contribution in [0.1, 0.15) is 25.7 Å². The fourth-order valence-corrected chi connectivity index (χ4v) is 2.18. The second kappa shape index (κ2) is 5.93. The highest BCUT2D eigenvalue weighted by molar-refractivity contribution is 5.93. The summed E-state index contributed by atoms with van der Waals surface area (Å²) in [7, 11) is 0. The van der Waals surface area contributed by atoms with E-state index in [1.807, 2.05) is 0 Å². The average molecular weight is 302 g/mol. The third-order valence-corrected chi connectivity index (χ3v) is 3.41. The fourth-order valence-electron chi connectivity index (χ4n) is 2.18. The standard InChI is InChI=1S/C14H17F3N2O2/c15-14(16,17)9-21-11-5-2-1-4-10(11)19-12(20)8-13(18)6-3-7-13/h1-2,4-5H,3,6-9,18H2,(H,19,20). The predicted molar refractivity (Wildman–Crippen MR) is 72.0 cm³/mol. The van der Waals surface area contributed by atoms with E-state index in [1.54, 1.807) is 6.07 Å². The van der Waals surface area contributed by atoms with Gasteiger partial charge in [-0.25, -0.2) is 0 Å². The monoisotopic (exact) mass is 302 g/mol. The van der Waals surface area contributed by atoms with Crippen LogP contribution >= 0.6 is 0 Å². The molecular formula is C14H17F3N2O2. The molecule has 1 aromatic rings. The lowest BCUT2D eigenvalue weighted by molar-refractivity contribution is -0.153. The number of nitrogens with one attached hydrogen (secondary N) is 1. The van der Waals surface area contributed by atoms with Gasteiger partial charge in [0.25, 0.3) is 0 Å². The van der Waals surface area contributed by atoms with Crippen molar-refractivity contribution in [3.63, 3.8) is 0 Å². The van der Waals surface area contributed by atoms with Crippen molar-refractivity contribution < 1.29 is 22.7 Å². The Morgan fingerprint density at radius 1 is 1.33 bits per heavy atom. The van der Waals surface area contributed by atoms with E-state index >= 15 is 0 Å². The highest BCUT2D eigenvalue weighted by Crippen LogP contribution is 2.33. The number of carbonyl (C=O) groups is 1. The number of ether oxygens (including phenoxy) is 1. The SMILES string of the molecule is NC1(CC(=O)Nc2ccccc2OCC(F)(F)F)CCC1. The molecule has 0 radical (unpaired) electrons. The summed E-state index contributed by atoms with van der Waals surface area (Å²) in [6.45, 7) is -1.40. The Labute approximate surface area is 120 Å². The number of benzene rings is 1. The van der Waals surface area contributed by atoms with Crippen molar-refractivity contribution in [2.24, 2.45) is 5.73 Å². The van der Waals surface area contributed by atoms with Crippen molar-refractivity contribution in [2.75, 3.05) is 11.9 Å². The molecule has 2 rings (SSSR count). The van der Waals surface area contributed by atoms with E-state index in [0.717, 1.165) is 19.3 Å². The summed E-state index contributed by atoms with van der Waals surface area (Å²) in [5, 5.41) is 2.56. The lowest BCUT2D eigenvalue weighted by Gasteiger charge is -2.37. The number of alkyl halides is 3. The summed E-state index contributed by atoms with van der Waals surface area (Å²) < 4.78 is 41.2. The number of amides is 1. The Morgan fingerprint density at radius 3 is 2.57 bits per heavy atom. The molecule has 0 aromatic heterocycles. The Balaban J connectivity index is 1.97. The molecular weight excluding hydrogens is 285 g/mol. The number of anilines is 1. The summed E-state index contributed by atoms with van der Waals surface area (Å²) >= 11 is 0. The van der Waals surface area contributed by atoms with Crippen LogP contribution in [0.2, 0.25) is 0 Å². The second-order valence-corrected chi connectivity index (χ2v) is 5.34. The number of hydrogen-bond acceptors (Lipinski definition) is 3. The van der Waals surface area contributed by atoms with Crippen LogP contribution < -0.4 is 15.8 Å². The largest absolute Gasteiger partial charge is 0.482 e. The number of halogens is 3. The van der Waals surface area contributed by atoms with Gasteiger partial charge in [-0.1, -0.05) is 12.1 Å². The number of nitrogens with two attached hydrogens (primary N) is 1. The van der Waals surface area contributed by atoms with Crippen LogP contribution in [0.25, 0.3) is 0 Å². The molecule has 1 aromatic carbocycles. The van der Waals surface area contributed by atoms with Gasteiger partial charge in [0.15, 0.2) is 6.61 Å². The van der Waals surface area contributed by atoms with Crippen LogP contribution in [0.15, 0.2) is 24.3 Å². The zero-order valence-corrected chi connectivity index (χ0v) is 11.4. The minimum absolute atomic E-state index is 0.0112. The summed E-state index contributed by atoms with van der Waals surface area (Å²) in [6.07, 6.45) is -1.71. The Kier molecular flexibility index (Phi) is 4.41. The number of hydrogen-bond donors (Lipinski definition) is 2. The molecule has 1 aliphatic carbocycles. The van der Waals surface area contributed by atoms with Gasteiger partial charge >= 0.3 is 6.18 Å². The van der Waals surface area contributed by atoms with Gasteiger partial charge in [-0.05, 0) is 31.4 Å². The zero-order chi connectivity index (χ0) is 15.5. The van der Waals surface area contributed by atoms with Crippen molar-refractivity contribution in [3.05, 3.63) is 24.3 Å². The van der Waals surface area contributed by atoms with Crippen molar-refractivity contribution >= 4 is 11.6 Å². The zero-order valence-electron chi connectivity index (χ0n) is 11.4. The first-order valence-electron chi connectivity index (χ1n) is 6.65. The number of rotatable bonds is 5. The highest BCUT2D eigenvalue weighted by atomic mass is 19.4. The minimum Gasteiger partial charge on any atom is -0.482 e. The van der Waals surface area contributed by atoms with Crippen molar-refractivity contribution in [3.8, 4) is 5.75 Å². The van der Waals surface area contributed by atoms with Crippen LogP contribution in [0.3, 0.4) is 0 Å². The molecule has 116 valence electrons. The molecule has 1 saturated carbocycles. The molecule has 0 heterocycles. The van der Waals surface area contributed by atoms with Crippen LogP contribution in [0.5, 0.6) is 5.75 Å². The minimum atomic E-state index is -4.43. The van der Waals surface area contributed by atoms with Gasteiger partial charge in [-0.2, -0.15) is 13.2 Å². The average Bonchev–Trinajstić information content (AvgIpc) is 2.35. The summed E-state index contributed by atoms with van der Waals surface area (Å²) in [4.78, 5) is 11.9. The van der Waals surface area contributed by atoms with E-state index in [0.29, 0.717) is 0 Å². The normalized spacial score (nSPS) is 17.0. The molecule has 0 unspecified atom stereocenters. The molecule has 21 heavy (non-hydrogen) atoms. The van der Waals surface area contributed by atoms with E-state index in [2.05, 4.69) is 5.32 Å². The second-order valence-electron chi connectivity index (χ2n) is 5.34. The molecule has 0 aliphatic heterocycles. The van der Waals surface area contributed by atoms with Gasteiger partial charge in [0.1, 0.15) is 5.75 Å². The third-order valence-electron chi connectivity index (χ3n) is 3.41. The molecule has 1 fully saturated rings. The van der Waals surface area contributed by atoms with Gasteiger partial charge < -0.3 is 15.8 Å². The van der Waals surface area contributed by atoms with E-state index in [-0.39, 0.29) is 23.8 Å². The smallest absolute Gasteiger partial charge is 0.422 e. The predicted octanol–water partition coefficient (Wildman–Crippen LogP) is 2.84. The van der Waals surface area contributed by atoms with Crippen LogP contribution in [-0.2, 0) is 4.79 Å². The molecule has 0 atom stereocenters. The summed E-state index contributed by atoms with van der Waals surface area (Å²) in [5.41, 5.74) is 5.71. The van der Waals surface area contributed by atoms with Crippen LogP contribution in [0, 0.1) is 0 Å². The molecule has 0 saturated heterocycles. The van der Waals surface area contributed by atoms with Crippen LogP contribution in [-0.4, -0.2) is 24.2 Å². The molecule has 0 spiro atoms. The summed E-state index contributed by atoms with van der Waals surface area (Å²) in [5.74, 6) is -0.330. The maximum Gasteiger partial charge on any atom is 0.422 e. The third kappa shape index (κ3) is 4.63. The lowest BCUT2D eigenvalue weighted by Crippen LogP contribution is -2.48. The molecule has 4 nitrogen and oxygen atoms in total. The molecule has 1 aliphatic rings. The van der Waals surface area contributed by atoms with Crippen molar-refractivity contribution in [2.45, 2.75) is 37.4 Å². The number of carbonyl (C=O) groups excluding carboxylic acids is 1. The molecule has 0 bridgehead atoms. The molecule has 7 heteroatoms. The maximum atomic E-state index is 12.2. The van der Waals surface area contributed by atoms with Gasteiger partial charge in [-0.3, -0.25) is 4.79 Å². The van der Waals surface area contributed by atoms with Gasteiger partial charge in [-0.15, -0.1) is 0 Å². The van der Waals surface area contributed by atoms with E-state index in [9.17, 15) is 18.0 Å². The Hall–Kier alpha value is -1.76. The van der Waals surface area contributed by atoms with Gasteiger partial charge in [0.05, 0.1) is 5.69 Å². The van der Waals surface area contributed by atoms with Crippen molar-refractivity contribution in [1.82, 2.24) is 0 Å². The maximum absolute atomic E-state index is 12.2. The fraction of sp³-hybridized carbons (Fsp3) is 0.500. The topological polar surface area (TPSA) is 64.4 Å². The molecule has 3 N–H and O–H groups in total. The lowest BCUT2D eigenvalue weighted by atomic mass is 9.75. The Bertz CT molecular complexity index is 513. The quantitative estimate of drug-likeness (QED) is 0.879. The van der Waals surface area contributed by atoms with E-state index in [4.69, 9.17) is 10.5 Å². The Morgan fingerprint density at radius 2 is 2.00 bits per heavy atom. The highest BCUT2D eigenvalue weighted by Gasteiger charge is 2.35. The van der Waals surface area contributed by atoms with Crippen molar-refractivity contribution in [1.29, 1.82) is 0 Å². The first-order valence-corrected chi connectivity index (χ1v) is 6.65. The first kappa shape index (κ1) is 15.6. The van der Waals surface area contributed by atoms with E-state index in [1.165, 1.54) is 18.2 Å². The molecule has 1 amide bonds. The van der Waals surface area contributed by atoms with Gasteiger partial charge in [0, 0.05) is 12.0 Å². The number of para-hydroxylation sites is 2.